The van der Waals surface area contributed by atoms with Crippen molar-refractivity contribution in [2.45, 2.75) is 25.7 Å². The fraction of sp³-hybridized carbons (Fsp3) is 0.235. The molecule has 0 saturated carbocycles. The zero-order chi connectivity index (χ0) is 16.2. The van der Waals surface area contributed by atoms with Crippen LogP contribution in [-0.2, 0) is 10.0 Å². The number of hydrogen-bond acceptors (Lipinski definition) is 2. The monoisotopic (exact) mass is 316 g/mol. The maximum Gasteiger partial charge on any atom is 0.283 e. The van der Waals surface area contributed by atoms with Crippen molar-refractivity contribution in [2.75, 3.05) is 5.32 Å². The molecule has 0 saturated heterocycles. The molecule has 0 unspecified atom stereocenters. The first-order chi connectivity index (χ1) is 10.4. The van der Waals surface area contributed by atoms with Gasteiger partial charge in [0.2, 0.25) is 0 Å². The van der Waals surface area contributed by atoms with Crippen molar-refractivity contribution in [3.05, 3.63) is 60.2 Å². The minimum Gasteiger partial charge on any atom is -0.343 e. The molecule has 0 amide bonds. The molecule has 0 aliphatic carbocycles. The average molecular weight is 316 g/mol. The summed E-state index contributed by atoms with van der Waals surface area (Å²) < 4.78 is 28.8. The van der Waals surface area contributed by atoms with Gasteiger partial charge in [0.1, 0.15) is 5.84 Å². The van der Waals surface area contributed by atoms with E-state index in [4.69, 9.17) is 0 Å². The molecule has 2 aromatic carbocycles. The van der Waals surface area contributed by atoms with Gasteiger partial charge in [-0.1, -0.05) is 49.7 Å². The Kier molecular flexibility index (Phi) is 4.98. The highest BCUT2D eigenvalue weighted by Crippen LogP contribution is 2.16. The molecule has 0 spiro atoms. The molecule has 5 heteroatoms. The number of sulfonamides is 1. The lowest BCUT2D eigenvalue weighted by atomic mass is 10.2. The number of hydrogen-bond donors (Lipinski definition) is 1. The molecular weight excluding hydrogens is 296 g/mol. The quantitative estimate of drug-likeness (QED) is 0.688. The van der Waals surface area contributed by atoms with Gasteiger partial charge in [-0.3, -0.25) is 0 Å². The number of amidine groups is 1. The van der Waals surface area contributed by atoms with Gasteiger partial charge in [0.05, 0.1) is 4.90 Å². The van der Waals surface area contributed by atoms with E-state index in [1.807, 2.05) is 51.1 Å². The van der Waals surface area contributed by atoms with E-state index in [0.717, 1.165) is 11.3 Å². The summed E-state index contributed by atoms with van der Waals surface area (Å²) in [4.78, 5) is 0.200. The van der Waals surface area contributed by atoms with Crippen LogP contribution in [0, 0.1) is 12.8 Å². The zero-order valence-electron chi connectivity index (χ0n) is 12.9. The first-order valence-electron chi connectivity index (χ1n) is 7.12. The minimum absolute atomic E-state index is 0.0413. The van der Waals surface area contributed by atoms with Gasteiger partial charge < -0.3 is 5.32 Å². The summed E-state index contributed by atoms with van der Waals surface area (Å²) in [7, 11) is -3.72. The number of aryl methyl sites for hydroxylation is 1. The number of anilines is 1. The highest BCUT2D eigenvalue weighted by atomic mass is 32.2. The van der Waals surface area contributed by atoms with Crippen LogP contribution in [0.5, 0.6) is 0 Å². The van der Waals surface area contributed by atoms with Crippen LogP contribution in [0.3, 0.4) is 0 Å². The first kappa shape index (κ1) is 16.2. The van der Waals surface area contributed by atoms with Gasteiger partial charge in [-0.05, 0) is 31.2 Å². The van der Waals surface area contributed by atoms with Crippen LogP contribution >= 0.6 is 0 Å². The zero-order valence-corrected chi connectivity index (χ0v) is 13.8. The maximum atomic E-state index is 12.4. The SMILES string of the molecule is Cc1ccc(S(=O)(=O)/N=C(/Nc2ccccc2)C(C)C)cc1. The smallest absolute Gasteiger partial charge is 0.283 e. The third kappa shape index (κ3) is 4.18. The topological polar surface area (TPSA) is 58.5 Å². The molecule has 0 bridgehead atoms. The highest BCUT2D eigenvalue weighted by molar-refractivity contribution is 7.90. The van der Waals surface area contributed by atoms with E-state index >= 15 is 0 Å². The van der Waals surface area contributed by atoms with E-state index in [1.54, 1.807) is 24.3 Å². The predicted octanol–water partition coefficient (Wildman–Crippen LogP) is 3.85. The summed E-state index contributed by atoms with van der Waals surface area (Å²) in [5, 5.41) is 3.09. The normalized spacial score (nSPS) is 12.5. The van der Waals surface area contributed by atoms with E-state index < -0.39 is 10.0 Å². The molecule has 0 radical (unpaired) electrons. The lowest BCUT2D eigenvalue weighted by Gasteiger charge is -2.13. The minimum atomic E-state index is -3.72. The molecule has 0 fully saturated rings. The van der Waals surface area contributed by atoms with Crippen molar-refractivity contribution in [2.24, 2.45) is 10.3 Å². The second-order valence-corrected chi connectivity index (χ2v) is 7.01. The van der Waals surface area contributed by atoms with E-state index in [-0.39, 0.29) is 10.8 Å². The molecule has 2 rings (SSSR count). The van der Waals surface area contributed by atoms with Crippen LogP contribution in [0.25, 0.3) is 0 Å². The standard InChI is InChI=1S/C17H20N2O2S/c1-13(2)17(18-15-7-5-4-6-8-15)19-22(20,21)16-11-9-14(3)10-12-16/h4-13H,1-3H3,(H,18,19). The molecule has 22 heavy (non-hydrogen) atoms. The van der Waals surface area contributed by atoms with E-state index in [2.05, 4.69) is 9.71 Å². The molecular formula is C17H20N2O2S. The third-order valence-corrected chi connectivity index (χ3v) is 4.44. The molecule has 0 atom stereocenters. The van der Waals surface area contributed by atoms with Crippen molar-refractivity contribution in [3.63, 3.8) is 0 Å². The Morgan fingerprint density at radius 3 is 2.14 bits per heavy atom. The van der Waals surface area contributed by atoms with Crippen molar-refractivity contribution in [1.82, 2.24) is 0 Å². The molecule has 1 N–H and O–H groups in total. The molecule has 0 aliphatic rings. The van der Waals surface area contributed by atoms with Gasteiger partial charge in [-0.15, -0.1) is 4.40 Å². The average Bonchev–Trinajstić information content (AvgIpc) is 2.48. The van der Waals surface area contributed by atoms with Gasteiger partial charge in [-0.2, -0.15) is 8.42 Å². The van der Waals surface area contributed by atoms with Crippen molar-refractivity contribution >= 4 is 21.5 Å². The van der Waals surface area contributed by atoms with Gasteiger partial charge in [0, 0.05) is 11.6 Å². The summed E-state index contributed by atoms with van der Waals surface area (Å²) >= 11 is 0. The largest absolute Gasteiger partial charge is 0.343 e. The Hall–Kier alpha value is -2.14. The third-order valence-electron chi connectivity index (χ3n) is 3.13. The number of nitrogens with zero attached hydrogens (tertiary/aromatic N) is 1. The lowest BCUT2D eigenvalue weighted by molar-refractivity contribution is 0.597. The first-order valence-corrected chi connectivity index (χ1v) is 8.56. The Morgan fingerprint density at radius 1 is 1.00 bits per heavy atom. The molecule has 0 aromatic heterocycles. The van der Waals surface area contributed by atoms with Gasteiger partial charge >= 0.3 is 0 Å². The van der Waals surface area contributed by atoms with Crippen molar-refractivity contribution in [3.8, 4) is 0 Å². The van der Waals surface area contributed by atoms with E-state index in [9.17, 15) is 8.42 Å². The van der Waals surface area contributed by atoms with Gasteiger partial charge in [0.15, 0.2) is 0 Å². The Morgan fingerprint density at radius 2 is 1.59 bits per heavy atom. The fourth-order valence-electron chi connectivity index (χ4n) is 1.83. The van der Waals surface area contributed by atoms with Crippen LogP contribution in [0.15, 0.2) is 63.9 Å². The van der Waals surface area contributed by atoms with Crippen LogP contribution in [0.2, 0.25) is 0 Å². The number of rotatable bonds is 4. The number of nitrogens with one attached hydrogen (secondary N) is 1. The highest BCUT2D eigenvalue weighted by Gasteiger charge is 2.16. The van der Waals surface area contributed by atoms with Crippen LogP contribution < -0.4 is 5.32 Å². The second-order valence-electron chi connectivity index (χ2n) is 5.41. The fourth-order valence-corrected chi connectivity index (χ4v) is 2.94. The lowest BCUT2D eigenvalue weighted by Crippen LogP contribution is -2.20. The van der Waals surface area contributed by atoms with Crippen molar-refractivity contribution < 1.29 is 8.42 Å². The summed E-state index contributed by atoms with van der Waals surface area (Å²) in [6.45, 7) is 5.72. The Bertz CT molecular complexity index is 749. The Labute approximate surface area is 132 Å². The van der Waals surface area contributed by atoms with Crippen LogP contribution in [-0.4, -0.2) is 14.3 Å². The molecule has 0 aliphatic heterocycles. The van der Waals surface area contributed by atoms with Gasteiger partial charge in [-0.25, -0.2) is 0 Å². The van der Waals surface area contributed by atoms with Crippen molar-refractivity contribution in [1.29, 1.82) is 0 Å². The van der Waals surface area contributed by atoms with Crippen LogP contribution in [0.1, 0.15) is 19.4 Å². The Balaban J connectivity index is 2.34. The summed E-state index contributed by atoms with van der Waals surface area (Å²) in [5.74, 6) is 0.382. The molecule has 4 nitrogen and oxygen atoms in total. The van der Waals surface area contributed by atoms with E-state index in [0.29, 0.717) is 5.84 Å². The molecule has 116 valence electrons. The summed E-state index contributed by atoms with van der Waals surface area (Å²) in [6, 6.07) is 16.1. The molecule has 2 aromatic rings. The van der Waals surface area contributed by atoms with E-state index in [1.165, 1.54) is 0 Å². The summed E-state index contributed by atoms with van der Waals surface area (Å²) in [6.07, 6.45) is 0. The predicted molar refractivity (Wildman–Crippen MR) is 90.7 cm³/mol. The summed E-state index contributed by atoms with van der Waals surface area (Å²) in [5.41, 5.74) is 1.82. The van der Waals surface area contributed by atoms with Crippen LogP contribution in [0.4, 0.5) is 5.69 Å². The number of benzene rings is 2. The number of para-hydroxylation sites is 1. The van der Waals surface area contributed by atoms with Gasteiger partial charge in [0.25, 0.3) is 10.0 Å². The second kappa shape index (κ2) is 6.75. The molecule has 0 heterocycles. The maximum absolute atomic E-state index is 12.4.